The molecular formula is C19H19N7S. The lowest BCUT2D eigenvalue weighted by atomic mass is 10.2. The van der Waals surface area contributed by atoms with Gasteiger partial charge in [0.05, 0.1) is 6.54 Å². The Bertz CT molecular complexity index is 1020. The Hall–Kier alpha value is -2.84. The monoisotopic (exact) mass is 377 g/mol. The predicted molar refractivity (Wildman–Crippen MR) is 106 cm³/mol. The summed E-state index contributed by atoms with van der Waals surface area (Å²) in [5.74, 6) is 0.886. The van der Waals surface area contributed by atoms with Crippen LogP contribution in [0.5, 0.6) is 0 Å². The van der Waals surface area contributed by atoms with Gasteiger partial charge in [-0.05, 0) is 24.3 Å². The van der Waals surface area contributed by atoms with Crippen molar-refractivity contribution in [3.8, 4) is 10.7 Å². The van der Waals surface area contributed by atoms with Crippen molar-refractivity contribution in [1.82, 2.24) is 29.7 Å². The third-order valence-electron chi connectivity index (χ3n) is 4.80. The molecule has 0 aliphatic carbocycles. The molecule has 136 valence electrons. The van der Waals surface area contributed by atoms with Crippen molar-refractivity contribution in [3.63, 3.8) is 0 Å². The number of hydrogen-bond acceptors (Lipinski definition) is 7. The van der Waals surface area contributed by atoms with Crippen molar-refractivity contribution < 1.29 is 0 Å². The first-order chi connectivity index (χ1) is 13.4. The highest BCUT2D eigenvalue weighted by molar-refractivity contribution is 7.19. The van der Waals surface area contributed by atoms with E-state index < -0.39 is 0 Å². The van der Waals surface area contributed by atoms with Crippen molar-refractivity contribution >= 4 is 22.0 Å². The van der Waals surface area contributed by atoms with Gasteiger partial charge in [-0.15, -0.1) is 10.2 Å². The van der Waals surface area contributed by atoms with Crippen LogP contribution < -0.4 is 4.90 Å². The quantitative estimate of drug-likeness (QED) is 0.545. The van der Waals surface area contributed by atoms with Gasteiger partial charge in [0.25, 0.3) is 0 Å². The largest absolute Gasteiger partial charge is 0.369 e. The van der Waals surface area contributed by atoms with E-state index >= 15 is 0 Å². The molecule has 5 rings (SSSR count). The minimum Gasteiger partial charge on any atom is -0.369 e. The van der Waals surface area contributed by atoms with Crippen LogP contribution in [0.2, 0.25) is 0 Å². The number of hydrogen-bond donors (Lipinski definition) is 0. The molecule has 4 aromatic rings. The van der Waals surface area contributed by atoms with E-state index in [1.54, 1.807) is 6.20 Å². The topological polar surface area (TPSA) is 62.5 Å². The summed E-state index contributed by atoms with van der Waals surface area (Å²) in [6, 6.07) is 16.4. The van der Waals surface area contributed by atoms with E-state index in [4.69, 9.17) is 0 Å². The van der Waals surface area contributed by atoms with Crippen molar-refractivity contribution in [3.05, 3.63) is 60.6 Å². The Kier molecular flexibility index (Phi) is 4.27. The zero-order valence-electron chi connectivity index (χ0n) is 14.8. The second kappa shape index (κ2) is 7.05. The zero-order valence-corrected chi connectivity index (χ0v) is 15.6. The number of fused-ring (bicyclic) bond motifs is 1. The third kappa shape index (κ3) is 3.29. The van der Waals surface area contributed by atoms with Gasteiger partial charge in [0.1, 0.15) is 5.69 Å². The molecule has 0 unspecified atom stereocenters. The molecule has 1 saturated heterocycles. The maximum atomic E-state index is 4.68. The van der Waals surface area contributed by atoms with Crippen molar-refractivity contribution in [2.75, 3.05) is 31.1 Å². The molecule has 4 heterocycles. The van der Waals surface area contributed by atoms with Gasteiger partial charge in [-0.3, -0.25) is 9.88 Å². The Morgan fingerprint density at radius 3 is 2.48 bits per heavy atom. The van der Waals surface area contributed by atoms with Gasteiger partial charge in [-0.1, -0.05) is 35.6 Å². The number of nitrogens with zero attached hydrogens (tertiary/aromatic N) is 7. The number of para-hydroxylation sites is 1. The Labute approximate surface area is 160 Å². The zero-order chi connectivity index (χ0) is 18.1. The van der Waals surface area contributed by atoms with E-state index in [1.165, 1.54) is 17.0 Å². The molecule has 0 bridgehead atoms. The number of anilines is 1. The number of piperazine rings is 1. The lowest BCUT2D eigenvalue weighted by Gasteiger charge is -2.35. The maximum Gasteiger partial charge on any atom is 0.235 e. The van der Waals surface area contributed by atoms with E-state index in [1.807, 2.05) is 22.7 Å². The summed E-state index contributed by atoms with van der Waals surface area (Å²) in [5, 5.41) is 14.2. The summed E-state index contributed by atoms with van der Waals surface area (Å²) < 4.78 is 1.86. The normalized spacial score (nSPS) is 15.5. The van der Waals surface area contributed by atoms with Gasteiger partial charge in [-0.2, -0.15) is 9.61 Å². The van der Waals surface area contributed by atoms with E-state index in [0.29, 0.717) is 0 Å². The SMILES string of the molecule is c1ccc(N2CCN(Cc3nnc4sc(-c5ccccn5)nn34)CC2)cc1. The molecule has 0 atom stereocenters. The van der Waals surface area contributed by atoms with Gasteiger partial charge >= 0.3 is 0 Å². The summed E-state index contributed by atoms with van der Waals surface area (Å²) in [4.78, 5) is 10.0. The fraction of sp³-hybridized carbons (Fsp3) is 0.263. The van der Waals surface area contributed by atoms with E-state index in [0.717, 1.165) is 54.2 Å². The van der Waals surface area contributed by atoms with Crippen molar-refractivity contribution in [1.29, 1.82) is 0 Å². The second-order valence-corrected chi connectivity index (χ2v) is 7.49. The van der Waals surface area contributed by atoms with E-state index in [2.05, 4.69) is 60.4 Å². The summed E-state index contributed by atoms with van der Waals surface area (Å²) in [6.07, 6.45) is 1.78. The first-order valence-corrected chi connectivity index (χ1v) is 9.83. The third-order valence-corrected chi connectivity index (χ3v) is 5.72. The molecule has 1 fully saturated rings. The first kappa shape index (κ1) is 16.3. The van der Waals surface area contributed by atoms with E-state index in [9.17, 15) is 0 Å². The van der Waals surface area contributed by atoms with Gasteiger partial charge in [-0.25, -0.2) is 0 Å². The fourth-order valence-corrected chi connectivity index (χ4v) is 4.19. The van der Waals surface area contributed by atoms with Crippen LogP contribution in [0.3, 0.4) is 0 Å². The molecule has 0 saturated carbocycles. The average molecular weight is 377 g/mol. The second-order valence-electron chi connectivity index (χ2n) is 6.53. The smallest absolute Gasteiger partial charge is 0.235 e. The van der Waals surface area contributed by atoms with E-state index in [-0.39, 0.29) is 0 Å². The first-order valence-electron chi connectivity index (χ1n) is 9.02. The summed E-state index contributed by atoms with van der Waals surface area (Å²) in [6.45, 7) is 4.79. The van der Waals surface area contributed by atoms with Crippen LogP contribution in [0.1, 0.15) is 5.82 Å². The van der Waals surface area contributed by atoms with Crippen LogP contribution >= 0.6 is 11.3 Å². The van der Waals surface area contributed by atoms with Gasteiger partial charge in [0, 0.05) is 38.1 Å². The highest BCUT2D eigenvalue weighted by atomic mass is 32.1. The lowest BCUT2D eigenvalue weighted by molar-refractivity contribution is 0.242. The van der Waals surface area contributed by atoms with Crippen molar-refractivity contribution in [2.24, 2.45) is 0 Å². The molecule has 1 aliphatic rings. The van der Waals surface area contributed by atoms with Crippen LogP contribution in [0, 0.1) is 0 Å². The standard InChI is InChI=1S/C19H19N7S/c1-2-6-15(7-3-1)25-12-10-24(11-13-25)14-17-21-22-19-26(17)23-18(27-19)16-8-4-5-9-20-16/h1-9H,10-14H2. The minimum atomic E-state index is 0.759. The molecule has 1 aromatic carbocycles. The van der Waals surface area contributed by atoms with Crippen molar-refractivity contribution in [2.45, 2.75) is 6.54 Å². The predicted octanol–water partition coefficient (Wildman–Crippen LogP) is 2.57. The summed E-state index contributed by atoms with van der Waals surface area (Å²) >= 11 is 1.52. The van der Waals surface area contributed by atoms with Crippen LogP contribution in [-0.2, 0) is 6.54 Å². The molecule has 0 amide bonds. The molecular weight excluding hydrogens is 358 g/mol. The summed E-state index contributed by atoms with van der Waals surface area (Å²) in [7, 11) is 0. The summed E-state index contributed by atoms with van der Waals surface area (Å²) in [5.41, 5.74) is 2.16. The number of rotatable bonds is 4. The molecule has 8 heteroatoms. The molecule has 0 N–H and O–H groups in total. The lowest BCUT2D eigenvalue weighted by Crippen LogP contribution is -2.46. The highest BCUT2D eigenvalue weighted by Gasteiger charge is 2.20. The maximum absolute atomic E-state index is 4.68. The van der Waals surface area contributed by atoms with Crippen LogP contribution in [-0.4, -0.2) is 55.9 Å². The Balaban J connectivity index is 1.29. The van der Waals surface area contributed by atoms with Gasteiger partial charge in [0.2, 0.25) is 4.96 Å². The number of benzene rings is 1. The van der Waals surface area contributed by atoms with Crippen LogP contribution in [0.4, 0.5) is 5.69 Å². The van der Waals surface area contributed by atoms with Gasteiger partial charge in [0.15, 0.2) is 10.8 Å². The molecule has 0 radical (unpaired) electrons. The number of aromatic nitrogens is 5. The highest BCUT2D eigenvalue weighted by Crippen LogP contribution is 2.24. The Morgan fingerprint density at radius 2 is 1.70 bits per heavy atom. The molecule has 0 spiro atoms. The van der Waals surface area contributed by atoms with Gasteiger partial charge < -0.3 is 4.90 Å². The Morgan fingerprint density at radius 1 is 0.889 bits per heavy atom. The molecule has 3 aromatic heterocycles. The molecule has 27 heavy (non-hydrogen) atoms. The van der Waals surface area contributed by atoms with Crippen LogP contribution in [0.15, 0.2) is 54.7 Å². The minimum absolute atomic E-state index is 0.759. The van der Waals surface area contributed by atoms with Crippen LogP contribution in [0.25, 0.3) is 15.7 Å². The molecule has 7 nitrogen and oxygen atoms in total. The average Bonchev–Trinajstić information content (AvgIpc) is 3.32. The fourth-order valence-electron chi connectivity index (χ4n) is 3.35. The number of pyridine rings is 1. The molecule has 1 aliphatic heterocycles.